The fourth-order valence-electron chi connectivity index (χ4n) is 0.983. The molecule has 6 N–H and O–H groups in total. The minimum Gasteiger partial charge on any atom is -0.368 e. The molecular formula is C9H13N5O2. The van der Waals surface area contributed by atoms with Crippen LogP contribution in [0.25, 0.3) is 0 Å². The number of hydrazine groups is 1. The molecule has 0 saturated heterocycles. The highest BCUT2D eigenvalue weighted by Crippen LogP contribution is 2.03. The van der Waals surface area contributed by atoms with E-state index in [4.69, 9.17) is 11.6 Å². The smallest absolute Gasteiger partial charge is 0.270 e. The van der Waals surface area contributed by atoms with Crippen LogP contribution in [-0.4, -0.2) is 22.8 Å². The zero-order valence-corrected chi connectivity index (χ0v) is 8.73. The first-order valence-corrected chi connectivity index (χ1v) is 4.58. The van der Waals surface area contributed by atoms with Gasteiger partial charge in [-0.1, -0.05) is 6.07 Å². The van der Waals surface area contributed by atoms with Crippen molar-refractivity contribution >= 4 is 17.6 Å². The number of pyridine rings is 1. The van der Waals surface area contributed by atoms with Gasteiger partial charge in [-0.15, -0.1) is 0 Å². The minimum atomic E-state index is -0.746. The van der Waals surface area contributed by atoms with Gasteiger partial charge < -0.3 is 16.5 Å². The lowest BCUT2D eigenvalue weighted by Crippen LogP contribution is -2.42. The van der Waals surface area contributed by atoms with Crippen molar-refractivity contribution in [3.63, 3.8) is 0 Å². The van der Waals surface area contributed by atoms with Gasteiger partial charge in [0.25, 0.3) is 5.91 Å². The van der Waals surface area contributed by atoms with Crippen molar-refractivity contribution in [2.45, 2.75) is 13.0 Å². The lowest BCUT2D eigenvalue weighted by molar-refractivity contribution is -0.119. The number of carbonyl (C=O) groups excluding carboxylic acids is 2. The number of nitrogens with two attached hydrogens (primary N) is 2. The van der Waals surface area contributed by atoms with E-state index in [1.807, 2.05) is 0 Å². The van der Waals surface area contributed by atoms with Gasteiger partial charge in [-0.3, -0.25) is 9.59 Å². The maximum Gasteiger partial charge on any atom is 0.270 e. The number of nitrogens with one attached hydrogen (secondary N) is 2. The van der Waals surface area contributed by atoms with Crippen LogP contribution in [-0.2, 0) is 4.79 Å². The Kier molecular flexibility index (Phi) is 3.78. The lowest BCUT2D eigenvalue weighted by atomic mass is 10.3. The van der Waals surface area contributed by atoms with E-state index in [1.165, 1.54) is 13.0 Å². The molecule has 1 rings (SSSR count). The number of anilines is 1. The van der Waals surface area contributed by atoms with E-state index >= 15 is 0 Å². The number of rotatable bonds is 4. The van der Waals surface area contributed by atoms with Crippen LogP contribution in [0.1, 0.15) is 17.4 Å². The van der Waals surface area contributed by atoms with Crippen LogP contribution in [0.15, 0.2) is 18.2 Å². The Labute approximate surface area is 92.2 Å². The molecule has 7 heteroatoms. The van der Waals surface area contributed by atoms with Gasteiger partial charge in [-0.05, 0) is 19.1 Å². The monoisotopic (exact) mass is 223 g/mol. The zero-order chi connectivity index (χ0) is 12.1. The summed E-state index contributed by atoms with van der Waals surface area (Å²) in [6.07, 6.45) is 0. The molecule has 7 nitrogen and oxygen atoms in total. The Morgan fingerprint density at radius 2 is 2.12 bits per heavy atom. The van der Waals surface area contributed by atoms with E-state index in [0.29, 0.717) is 5.82 Å². The number of hydrogen-bond donors (Lipinski definition) is 4. The summed E-state index contributed by atoms with van der Waals surface area (Å²) in [5.41, 5.74) is 7.48. The summed E-state index contributed by atoms with van der Waals surface area (Å²) < 4.78 is 0. The van der Waals surface area contributed by atoms with Crippen LogP contribution in [0.3, 0.4) is 0 Å². The quantitative estimate of drug-likeness (QED) is 0.384. The molecule has 2 amide bonds. The molecule has 86 valence electrons. The van der Waals surface area contributed by atoms with Gasteiger partial charge in [-0.25, -0.2) is 10.8 Å². The van der Waals surface area contributed by atoms with E-state index in [1.54, 1.807) is 12.1 Å². The standard InChI is InChI=1S/C9H13N5O2/c1-5(8(10)15)12-9(16)6-3-2-4-7(13-6)14-11/h2-5H,11H2,1H3,(H2,10,15)(H,12,16)(H,13,14). The molecule has 1 aromatic heterocycles. The molecular weight excluding hydrogens is 210 g/mol. The summed E-state index contributed by atoms with van der Waals surface area (Å²) in [6.45, 7) is 1.49. The Bertz CT molecular complexity index is 407. The SMILES string of the molecule is CC(NC(=O)c1cccc(NN)n1)C(N)=O. The van der Waals surface area contributed by atoms with E-state index < -0.39 is 17.9 Å². The number of nitrogen functional groups attached to an aromatic ring is 1. The van der Waals surface area contributed by atoms with Crippen LogP contribution >= 0.6 is 0 Å². The van der Waals surface area contributed by atoms with E-state index in [-0.39, 0.29) is 5.69 Å². The number of nitrogens with zero attached hydrogens (tertiary/aromatic N) is 1. The van der Waals surface area contributed by atoms with Crippen molar-refractivity contribution in [1.82, 2.24) is 10.3 Å². The number of aromatic nitrogens is 1. The third kappa shape index (κ3) is 2.92. The molecule has 0 fully saturated rings. The summed E-state index contributed by atoms with van der Waals surface area (Å²) in [4.78, 5) is 26.2. The predicted octanol–water partition coefficient (Wildman–Crippen LogP) is -1.03. The maximum atomic E-state index is 11.6. The van der Waals surface area contributed by atoms with Crippen LogP contribution in [0, 0.1) is 0 Å². The lowest BCUT2D eigenvalue weighted by Gasteiger charge is -2.09. The molecule has 0 aliphatic carbocycles. The second-order valence-electron chi connectivity index (χ2n) is 3.15. The van der Waals surface area contributed by atoms with Crippen molar-refractivity contribution in [2.75, 3.05) is 5.43 Å². The summed E-state index contributed by atoms with van der Waals surface area (Å²) in [7, 11) is 0. The van der Waals surface area contributed by atoms with Gasteiger partial charge in [0.05, 0.1) is 0 Å². The fourth-order valence-corrected chi connectivity index (χ4v) is 0.983. The summed E-state index contributed by atoms with van der Waals surface area (Å²) in [6, 6.07) is 3.98. The first-order chi connectivity index (χ1) is 7.54. The molecule has 0 spiro atoms. The first-order valence-electron chi connectivity index (χ1n) is 4.58. The number of carbonyl (C=O) groups is 2. The van der Waals surface area contributed by atoms with Crippen LogP contribution in [0.2, 0.25) is 0 Å². The van der Waals surface area contributed by atoms with Crippen molar-refractivity contribution in [1.29, 1.82) is 0 Å². The molecule has 0 radical (unpaired) electrons. The average Bonchev–Trinajstić information content (AvgIpc) is 2.28. The summed E-state index contributed by atoms with van der Waals surface area (Å²) in [5.74, 6) is 4.42. The van der Waals surface area contributed by atoms with E-state index in [9.17, 15) is 9.59 Å². The van der Waals surface area contributed by atoms with Crippen molar-refractivity contribution in [3.05, 3.63) is 23.9 Å². The molecule has 1 atom stereocenters. The third-order valence-corrected chi connectivity index (χ3v) is 1.90. The fraction of sp³-hybridized carbons (Fsp3) is 0.222. The molecule has 1 heterocycles. The zero-order valence-electron chi connectivity index (χ0n) is 8.73. The Hall–Kier alpha value is -2.15. The highest BCUT2D eigenvalue weighted by molar-refractivity contribution is 5.95. The first kappa shape index (κ1) is 11.9. The topological polar surface area (TPSA) is 123 Å². The van der Waals surface area contributed by atoms with Crippen LogP contribution < -0.4 is 22.3 Å². The van der Waals surface area contributed by atoms with Crippen molar-refractivity contribution in [2.24, 2.45) is 11.6 Å². The highest BCUT2D eigenvalue weighted by atomic mass is 16.2. The molecule has 1 aromatic rings. The molecule has 16 heavy (non-hydrogen) atoms. The van der Waals surface area contributed by atoms with Gasteiger partial charge >= 0.3 is 0 Å². The normalized spacial score (nSPS) is 11.6. The molecule has 0 aromatic carbocycles. The molecule has 0 saturated carbocycles. The van der Waals surface area contributed by atoms with Crippen molar-refractivity contribution < 1.29 is 9.59 Å². The Morgan fingerprint density at radius 3 is 2.69 bits per heavy atom. The molecule has 0 aliphatic rings. The van der Waals surface area contributed by atoms with Gasteiger partial charge in [-0.2, -0.15) is 0 Å². The average molecular weight is 223 g/mol. The van der Waals surface area contributed by atoms with Gasteiger partial charge in [0.2, 0.25) is 5.91 Å². The van der Waals surface area contributed by atoms with Gasteiger partial charge in [0.15, 0.2) is 0 Å². The molecule has 1 unspecified atom stereocenters. The third-order valence-electron chi connectivity index (χ3n) is 1.90. The summed E-state index contributed by atoms with van der Waals surface area (Å²) >= 11 is 0. The Morgan fingerprint density at radius 1 is 1.44 bits per heavy atom. The van der Waals surface area contributed by atoms with Gasteiger partial charge in [0, 0.05) is 0 Å². The second kappa shape index (κ2) is 5.08. The number of hydrogen-bond acceptors (Lipinski definition) is 5. The molecule has 0 aliphatic heterocycles. The Balaban J connectivity index is 2.76. The summed E-state index contributed by atoms with van der Waals surface area (Å²) in [5, 5.41) is 2.40. The minimum absolute atomic E-state index is 0.156. The highest BCUT2D eigenvalue weighted by Gasteiger charge is 2.14. The maximum absolute atomic E-state index is 11.6. The largest absolute Gasteiger partial charge is 0.368 e. The predicted molar refractivity (Wildman–Crippen MR) is 58.2 cm³/mol. The second-order valence-corrected chi connectivity index (χ2v) is 3.15. The van der Waals surface area contributed by atoms with Crippen LogP contribution in [0.4, 0.5) is 5.82 Å². The van der Waals surface area contributed by atoms with E-state index in [0.717, 1.165) is 0 Å². The number of primary amides is 1. The van der Waals surface area contributed by atoms with Crippen LogP contribution in [0.5, 0.6) is 0 Å². The number of amides is 2. The van der Waals surface area contributed by atoms with Gasteiger partial charge in [0.1, 0.15) is 17.6 Å². The molecule has 0 bridgehead atoms. The van der Waals surface area contributed by atoms with E-state index in [2.05, 4.69) is 15.7 Å². The van der Waals surface area contributed by atoms with Crippen molar-refractivity contribution in [3.8, 4) is 0 Å².